The number of carbonyl (C=O) groups excluding carboxylic acids is 1. The number of amides is 1. The highest BCUT2D eigenvalue weighted by molar-refractivity contribution is 6.31. The molecule has 0 saturated heterocycles. The van der Waals surface area contributed by atoms with Crippen LogP contribution in [0, 0.1) is 0 Å². The monoisotopic (exact) mass is 323 g/mol. The number of alkyl halides is 3. The molecular formula is C16H12F3NO3. The number of carboxylic acid groups (broad SMARTS) is 1. The quantitative estimate of drug-likeness (QED) is 0.853. The first-order valence-corrected chi connectivity index (χ1v) is 6.55. The second-order valence-electron chi connectivity index (χ2n) is 4.73. The number of carbonyl (C=O) groups is 2. The van der Waals surface area contributed by atoms with Crippen molar-refractivity contribution >= 4 is 11.9 Å². The van der Waals surface area contributed by atoms with Crippen LogP contribution in [0.2, 0.25) is 0 Å². The predicted octanol–water partition coefficient (Wildman–Crippen LogP) is 3.07. The third kappa shape index (κ3) is 4.09. The van der Waals surface area contributed by atoms with E-state index < -0.39 is 23.6 Å². The molecule has 2 rings (SSSR count). The fraction of sp³-hybridized carbons (Fsp3) is 0.125. The topological polar surface area (TPSA) is 66.4 Å². The molecule has 0 aliphatic rings. The molecule has 2 N–H and O–H groups in total. The van der Waals surface area contributed by atoms with E-state index in [1.807, 2.05) is 0 Å². The Morgan fingerprint density at radius 2 is 1.61 bits per heavy atom. The van der Waals surface area contributed by atoms with Gasteiger partial charge in [-0.2, -0.15) is 13.2 Å². The van der Waals surface area contributed by atoms with Crippen LogP contribution >= 0.6 is 0 Å². The van der Waals surface area contributed by atoms with Crippen molar-refractivity contribution in [2.24, 2.45) is 0 Å². The molecule has 2 aromatic carbocycles. The van der Waals surface area contributed by atoms with Gasteiger partial charge >= 0.3 is 18.1 Å². The van der Waals surface area contributed by atoms with Crippen LogP contribution in [0.15, 0.2) is 48.5 Å². The zero-order valence-corrected chi connectivity index (χ0v) is 11.7. The van der Waals surface area contributed by atoms with Crippen molar-refractivity contribution in [3.05, 3.63) is 59.7 Å². The van der Waals surface area contributed by atoms with Gasteiger partial charge in [-0.25, -0.2) is 4.79 Å². The Morgan fingerprint density at radius 1 is 1.00 bits per heavy atom. The maximum Gasteiger partial charge on any atom is 0.417 e. The van der Waals surface area contributed by atoms with Gasteiger partial charge < -0.3 is 10.4 Å². The molecule has 2 aromatic rings. The van der Waals surface area contributed by atoms with E-state index in [1.54, 1.807) is 0 Å². The van der Waals surface area contributed by atoms with Crippen molar-refractivity contribution in [1.29, 1.82) is 0 Å². The van der Waals surface area contributed by atoms with Crippen LogP contribution in [0.5, 0.6) is 0 Å². The average Bonchev–Trinajstić information content (AvgIpc) is 2.52. The molecule has 23 heavy (non-hydrogen) atoms. The second-order valence-corrected chi connectivity index (χ2v) is 4.73. The summed E-state index contributed by atoms with van der Waals surface area (Å²) in [7, 11) is 0. The highest BCUT2D eigenvalue weighted by Crippen LogP contribution is 2.36. The number of carboxylic acids is 1. The van der Waals surface area contributed by atoms with Gasteiger partial charge in [0, 0.05) is 6.54 Å². The summed E-state index contributed by atoms with van der Waals surface area (Å²) in [6.07, 6.45) is -4.45. The first-order valence-electron chi connectivity index (χ1n) is 6.55. The summed E-state index contributed by atoms with van der Waals surface area (Å²) in [4.78, 5) is 21.3. The summed E-state index contributed by atoms with van der Waals surface area (Å²) in [5, 5.41) is 10.6. The first kappa shape index (κ1) is 16.5. The van der Waals surface area contributed by atoms with Gasteiger partial charge in [-0.3, -0.25) is 4.79 Å². The van der Waals surface area contributed by atoms with Gasteiger partial charge in [-0.1, -0.05) is 42.5 Å². The Labute approximate surface area is 129 Å². The number of hydrogen-bond acceptors (Lipinski definition) is 2. The molecule has 0 bridgehead atoms. The van der Waals surface area contributed by atoms with Crippen LogP contribution in [0.25, 0.3) is 11.1 Å². The highest BCUT2D eigenvalue weighted by atomic mass is 19.4. The van der Waals surface area contributed by atoms with E-state index >= 15 is 0 Å². The highest BCUT2D eigenvalue weighted by Gasteiger charge is 2.33. The Hall–Kier alpha value is -2.83. The number of aliphatic carboxylic acids is 1. The molecule has 0 aromatic heterocycles. The largest absolute Gasteiger partial charge is 0.474 e. The Kier molecular flexibility index (Phi) is 4.68. The van der Waals surface area contributed by atoms with Crippen molar-refractivity contribution in [1.82, 2.24) is 5.32 Å². The standard InChI is InChI=1S/C16H12F3NO3/c17-16(18,19)13-4-2-1-3-12(13)11-7-5-10(6-8-11)9-20-14(21)15(22)23/h1-8H,9H2,(H,20,21)(H,22,23). The van der Waals surface area contributed by atoms with E-state index in [0.29, 0.717) is 11.1 Å². The predicted molar refractivity (Wildman–Crippen MR) is 76.4 cm³/mol. The van der Waals surface area contributed by atoms with Crippen LogP contribution in [0.1, 0.15) is 11.1 Å². The van der Waals surface area contributed by atoms with E-state index in [-0.39, 0.29) is 12.1 Å². The first-order chi connectivity index (χ1) is 10.8. The number of rotatable bonds is 3. The van der Waals surface area contributed by atoms with Crippen molar-refractivity contribution in [3.8, 4) is 11.1 Å². The fourth-order valence-corrected chi connectivity index (χ4v) is 2.04. The molecule has 0 heterocycles. The molecule has 0 unspecified atom stereocenters. The lowest BCUT2D eigenvalue weighted by molar-refractivity contribution is -0.150. The fourth-order valence-electron chi connectivity index (χ4n) is 2.04. The molecule has 7 heteroatoms. The Bertz CT molecular complexity index is 724. The minimum absolute atomic E-state index is 0.0215. The van der Waals surface area contributed by atoms with Gasteiger partial charge in [0.1, 0.15) is 0 Å². The molecule has 0 spiro atoms. The minimum Gasteiger partial charge on any atom is -0.474 e. The SMILES string of the molecule is O=C(O)C(=O)NCc1ccc(-c2ccccc2C(F)(F)F)cc1. The van der Waals surface area contributed by atoms with Gasteiger partial charge in [0.05, 0.1) is 5.56 Å². The van der Waals surface area contributed by atoms with Crippen molar-refractivity contribution in [2.45, 2.75) is 12.7 Å². The molecule has 0 saturated carbocycles. The van der Waals surface area contributed by atoms with E-state index in [0.717, 1.165) is 6.07 Å². The van der Waals surface area contributed by atoms with Crippen molar-refractivity contribution in [2.75, 3.05) is 0 Å². The van der Waals surface area contributed by atoms with Crippen LogP contribution in [0.3, 0.4) is 0 Å². The van der Waals surface area contributed by atoms with Gasteiger partial charge in [-0.15, -0.1) is 0 Å². The number of benzene rings is 2. The summed E-state index contributed by atoms with van der Waals surface area (Å²) in [5.74, 6) is -2.74. The molecule has 4 nitrogen and oxygen atoms in total. The summed E-state index contributed by atoms with van der Waals surface area (Å²) in [6.45, 7) is -0.0215. The summed E-state index contributed by atoms with van der Waals surface area (Å²) < 4.78 is 39.0. The molecule has 1 amide bonds. The molecular weight excluding hydrogens is 311 g/mol. The number of hydrogen-bond donors (Lipinski definition) is 2. The van der Waals surface area contributed by atoms with Crippen molar-refractivity contribution < 1.29 is 27.9 Å². The summed E-state index contributed by atoms with van der Waals surface area (Å²) in [5.41, 5.74) is 0.284. The maximum absolute atomic E-state index is 13.0. The Balaban J connectivity index is 2.21. The lowest BCUT2D eigenvalue weighted by Gasteiger charge is -2.13. The molecule has 0 aliphatic carbocycles. The van der Waals surface area contributed by atoms with E-state index in [2.05, 4.69) is 5.32 Å². The van der Waals surface area contributed by atoms with Gasteiger partial charge in [-0.05, 0) is 22.8 Å². The number of nitrogens with one attached hydrogen (secondary N) is 1. The molecule has 0 aliphatic heterocycles. The third-order valence-electron chi connectivity index (χ3n) is 3.14. The smallest absolute Gasteiger partial charge is 0.417 e. The normalized spacial score (nSPS) is 11.1. The van der Waals surface area contributed by atoms with Crippen molar-refractivity contribution in [3.63, 3.8) is 0 Å². The molecule has 0 fully saturated rings. The summed E-state index contributed by atoms with van der Waals surface area (Å²) in [6, 6.07) is 11.3. The van der Waals surface area contributed by atoms with E-state index in [4.69, 9.17) is 5.11 Å². The third-order valence-corrected chi connectivity index (χ3v) is 3.14. The minimum atomic E-state index is -4.45. The van der Waals surface area contributed by atoms with E-state index in [9.17, 15) is 22.8 Å². The van der Waals surface area contributed by atoms with E-state index in [1.165, 1.54) is 42.5 Å². The van der Waals surface area contributed by atoms with Gasteiger partial charge in [0.15, 0.2) is 0 Å². The summed E-state index contributed by atoms with van der Waals surface area (Å²) >= 11 is 0. The van der Waals surface area contributed by atoms with Gasteiger partial charge in [0.2, 0.25) is 0 Å². The lowest BCUT2D eigenvalue weighted by Crippen LogP contribution is -2.29. The Morgan fingerprint density at radius 3 is 2.17 bits per heavy atom. The van der Waals surface area contributed by atoms with Crippen LogP contribution in [-0.4, -0.2) is 17.0 Å². The van der Waals surface area contributed by atoms with Crippen LogP contribution in [0.4, 0.5) is 13.2 Å². The van der Waals surface area contributed by atoms with Gasteiger partial charge in [0.25, 0.3) is 0 Å². The molecule has 120 valence electrons. The zero-order valence-electron chi connectivity index (χ0n) is 11.7. The zero-order chi connectivity index (χ0) is 17.0. The maximum atomic E-state index is 13.0. The molecule has 0 atom stereocenters. The van der Waals surface area contributed by atoms with Crippen LogP contribution in [-0.2, 0) is 22.3 Å². The number of halogens is 3. The second kappa shape index (κ2) is 6.51. The molecule has 0 radical (unpaired) electrons. The van der Waals surface area contributed by atoms with Crippen LogP contribution < -0.4 is 5.32 Å². The average molecular weight is 323 g/mol. The lowest BCUT2D eigenvalue weighted by atomic mass is 9.98.